The molecule has 32 heavy (non-hydrogen) atoms. The third-order valence-corrected chi connectivity index (χ3v) is 4.89. The summed E-state index contributed by atoms with van der Waals surface area (Å²) in [6.45, 7) is 3.67. The molecule has 2 aromatic carbocycles. The lowest BCUT2D eigenvalue weighted by atomic mass is 10.1. The molecule has 2 heterocycles. The van der Waals surface area contributed by atoms with Gasteiger partial charge in [-0.1, -0.05) is 30.3 Å². The van der Waals surface area contributed by atoms with E-state index in [1.54, 1.807) is 30.3 Å². The molecule has 160 valence electrons. The van der Waals surface area contributed by atoms with Gasteiger partial charge in [-0.05, 0) is 55.3 Å². The van der Waals surface area contributed by atoms with Crippen LogP contribution in [0.3, 0.4) is 0 Å². The number of carboxylic acid groups (broad SMARTS) is 1. The Morgan fingerprint density at radius 2 is 1.69 bits per heavy atom. The van der Waals surface area contributed by atoms with Crippen LogP contribution in [0.4, 0.5) is 10.5 Å². The fourth-order valence-electron chi connectivity index (χ4n) is 3.57. The lowest BCUT2D eigenvalue weighted by molar-refractivity contribution is -0.255. The highest BCUT2D eigenvalue weighted by Crippen LogP contribution is 2.28. The van der Waals surface area contributed by atoms with Crippen LogP contribution in [0.2, 0.25) is 0 Å². The number of nitrogens with one attached hydrogen (secondary N) is 1. The Hall–Kier alpha value is -4.46. The molecule has 8 nitrogen and oxygen atoms in total. The number of hydrogen-bond acceptors (Lipinski definition) is 6. The fourth-order valence-corrected chi connectivity index (χ4v) is 3.57. The van der Waals surface area contributed by atoms with Gasteiger partial charge in [-0.25, -0.2) is 9.69 Å². The van der Waals surface area contributed by atoms with E-state index in [4.69, 9.17) is 4.42 Å². The molecule has 4 rings (SSSR count). The first kappa shape index (κ1) is 20.8. The van der Waals surface area contributed by atoms with Crippen molar-refractivity contribution in [1.29, 1.82) is 0 Å². The fraction of sp³-hybridized carbons (Fsp3) is 0.0833. The SMILES string of the molecule is Cc1cc(C)cc(N2C(=O)NC(=O)/C(=C\c3ccc(-c4ccccc4C(=O)[O-])o3)C2=O)c1. The number of anilines is 1. The van der Waals surface area contributed by atoms with Crippen LogP contribution in [-0.4, -0.2) is 23.8 Å². The number of carboxylic acids is 1. The number of nitrogens with zero attached hydrogens (tertiary/aromatic N) is 1. The summed E-state index contributed by atoms with van der Waals surface area (Å²) in [6.07, 6.45) is 1.21. The van der Waals surface area contributed by atoms with Crippen molar-refractivity contribution in [3.63, 3.8) is 0 Å². The second-order valence-corrected chi connectivity index (χ2v) is 7.34. The van der Waals surface area contributed by atoms with Gasteiger partial charge in [0.1, 0.15) is 17.1 Å². The second-order valence-electron chi connectivity index (χ2n) is 7.34. The molecule has 0 atom stereocenters. The Morgan fingerprint density at radius 1 is 1.00 bits per heavy atom. The molecule has 3 aromatic rings. The maximum absolute atomic E-state index is 13.0. The number of benzene rings is 2. The molecule has 1 aromatic heterocycles. The lowest BCUT2D eigenvalue weighted by Gasteiger charge is -2.26. The molecule has 1 aliphatic rings. The highest BCUT2D eigenvalue weighted by molar-refractivity contribution is 6.39. The molecule has 0 spiro atoms. The van der Waals surface area contributed by atoms with Gasteiger partial charge >= 0.3 is 6.03 Å². The van der Waals surface area contributed by atoms with Crippen molar-refractivity contribution in [3.8, 4) is 11.3 Å². The number of furan rings is 1. The molecular weight excluding hydrogens is 412 g/mol. The summed E-state index contributed by atoms with van der Waals surface area (Å²) in [5.74, 6) is -2.64. The topological polar surface area (TPSA) is 120 Å². The van der Waals surface area contributed by atoms with Crippen LogP contribution in [-0.2, 0) is 9.59 Å². The van der Waals surface area contributed by atoms with Gasteiger partial charge in [0.05, 0.1) is 11.7 Å². The molecule has 1 aliphatic heterocycles. The molecule has 1 saturated heterocycles. The number of aryl methyl sites for hydroxylation is 2. The minimum atomic E-state index is -1.36. The molecule has 1 N–H and O–H groups in total. The zero-order valence-electron chi connectivity index (χ0n) is 17.2. The molecular formula is C24H17N2O6-. The third kappa shape index (κ3) is 3.81. The Kier molecular flexibility index (Phi) is 5.19. The van der Waals surface area contributed by atoms with E-state index in [9.17, 15) is 24.3 Å². The van der Waals surface area contributed by atoms with Gasteiger partial charge in [0.25, 0.3) is 11.8 Å². The summed E-state index contributed by atoms with van der Waals surface area (Å²) in [7, 11) is 0. The highest BCUT2D eigenvalue weighted by Gasteiger charge is 2.37. The number of amides is 4. The average Bonchev–Trinajstić information content (AvgIpc) is 3.19. The summed E-state index contributed by atoms with van der Waals surface area (Å²) < 4.78 is 5.66. The molecule has 0 unspecified atom stereocenters. The summed E-state index contributed by atoms with van der Waals surface area (Å²) in [6, 6.07) is 13.5. The Labute approximate surface area is 182 Å². The quantitative estimate of drug-likeness (QED) is 0.503. The number of aromatic carboxylic acids is 1. The number of urea groups is 1. The van der Waals surface area contributed by atoms with Crippen molar-refractivity contribution in [2.24, 2.45) is 0 Å². The molecule has 1 fully saturated rings. The molecule has 0 bridgehead atoms. The van der Waals surface area contributed by atoms with Gasteiger partial charge in [-0.3, -0.25) is 14.9 Å². The summed E-state index contributed by atoms with van der Waals surface area (Å²) in [5.41, 5.74) is 1.99. The van der Waals surface area contributed by atoms with Crippen LogP contribution in [0.25, 0.3) is 17.4 Å². The van der Waals surface area contributed by atoms with Gasteiger partial charge in [0, 0.05) is 11.1 Å². The zero-order valence-corrected chi connectivity index (χ0v) is 17.2. The van der Waals surface area contributed by atoms with Crippen molar-refractivity contribution >= 4 is 35.6 Å². The zero-order chi connectivity index (χ0) is 23.0. The van der Waals surface area contributed by atoms with E-state index >= 15 is 0 Å². The first-order chi connectivity index (χ1) is 15.2. The Balaban J connectivity index is 1.71. The smallest absolute Gasteiger partial charge is 0.335 e. The first-order valence-electron chi connectivity index (χ1n) is 9.65. The largest absolute Gasteiger partial charge is 0.545 e. The number of hydrogen-bond donors (Lipinski definition) is 1. The van der Waals surface area contributed by atoms with Gasteiger partial charge in [-0.2, -0.15) is 0 Å². The van der Waals surface area contributed by atoms with Gasteiger partial charge in [-0.15, -0.1) is 0 Å². The molecule has 8 heteroatoms. The summed E-state index contributed by atoms with van der Waals surface area (Å²) in [4.78, 5) is 50.1. The Morgan fingerprint density at radius 3 is 2.38 bits per heavy atom. The van der Waals surface area contributed by atoms with E-state index in [0.29, 0.717) is 11.3 Å². The normalized spacial score (nSPS) is 15.2. The maximum atomic E-state index is 13.0. The minimum Gasteiger partial charge on any atom is -0.545 e. The minimum absolute atomic E-state index is 0.0564. The van der Waals surface area contributed by atoms with Crippen molar-refractivity contribution < 1.29 is 28.7 Å². The number of carbonyl (C=O) groups excluding carboxylic acids is 4. The number of imide groups is 2. The van der Waals surface area contributed by atoms with E-state index in [2.05, 4.69) is 5.32 Å². The van der Waals surface area contributed by atoms with Crippen LogP contribution in [0, 0.1) is 13.8 Å². The van der Waals surface area contributed by atoms with Crippen LogP contribution < -0.4 is 15.3 Å². The first-order valence-corrected chi connectivity index (χ1v) is 9.65. The van der Waals surface area contributed by atoms with E-state index in [0.717, 1.165) is 16.0 Å². The second kappa shape index (κ2) is 7.99. The number of barbiturate groups is 1. The predicted octanol–water partition coefficient (Wildman–Crippen LogP) is 2.59. The monoisotopic (exact) mass is 429 g/mol. The van der Waals surface area contributed by atoms with Crippen molar-refractivity contribution in [1.82, 2.24) is 5.32 Å². The van der Waals surface area contributed by atoms with Crippen LogP contribution in [0.5, 0.6) is 0 Å². The maximum Gasteiger partial charge on any atom is 0.335 e. The van der Waals surface area contributed by atoms with E-state index in [1.807, 2.05) is 19.9 Å². The summed E-state index contributed by atoms with van der Waals surface area (Å²) in [5, 5.41) is 13.5. The van der Waals surface area contributed by atoms with Gasteiger partial charge in [0.15, 0.2) is 0 Å². The van der Waals surface area contributed by atoms with Crippen LogP contribution >= 0.6 is 0 Å². The summed E-state index contributed by atoms with van der Waals surface area (Å²) >= 11 is 0. The molecule has 0 saturated carbocycles. The number of carbonyl (C=O) groups is 4. The van der Waals surface area contributed by atoms with Gasteiger partial charge < -0.3 is 14.3 Å². The van der Waals surface area contributed by atoms with E-state index < -0.39 is 23.8 Å². The Bertz CT molecular complexity index is 1300. The van der Waals surface area contributed by atoms with E-state index in [1.165, 1.54) is 24.3 Å². The van der Waals surface area contributed by atoms with Crippen LogP contribution in [0.1, 0.15) is 27.2 Å². The lowest BCUT2D eigenvalue weighted by Crippen LogP contribution is -2.54. The highest BCUT2D eigenvalue weighted by atomic mass is 16.4. The van der Waals surface area contributed by atoms with E-state index in [-0.39, 0.29) is 22.7 Å². The van der Waals surface area contributed by atoms with Crippen molar-refractivity contribution in [2.75, 3.05) is 4.90 Å². The molecule has 4 amide bonds. The average molecular weight is 429 g/mol. The van der Waals surface area contributed by atoms with Gasteiger partial charge in [0.2, 0.25) is 0 Å². The van der Waals surface area contributed by atoms with Crippen molar-refractivity contribution in [3.05, 3.63) is 82.6 Å². The van der Waals surface area contributed by atoms with Crippen LogP contribution in [0.15, 0.2) is 64.6 Å². The standard InChI is InChI=1S/C24H18N2O6/c1-13-9-14(2)11-15(10-13)26-22(28)19(21(27)25-24(26)31)12-16-7-8-20(32-16)17-5-3-4-6-18(17)23(29)30/h3-12H,1-2H3,(H,29,30)(H,25,27,31)/p-1/b19-12+. The molecule has 0 aliphatic carbocycles. The third-order valence-electron chi connectivity index (χ3n) is 4.89. The molecule has 0 radical (unpaired) electrons. The number of rotatable bonds is 4. The predicted molar refractivity (Wildman–Crippen MR) is 113 cm³/mol. The van der Waals surface area contributed by atoms with Crippen molar-refractivity contribution in [2.45, 2.75) is 13.8 Å².